The third kappa shape index (κ3) is 4.85. The Morgan fingerprint density at radius 1 is 1.03 bits per heavy atom. The second-order valence-corrected chi connectivity index (χ2v) is 13.5. The first-order valence-electron chi connectivity index (χ1n) is 14.1. The van der Waals surface area contributed by atoms with Crippen LogP contribution in [0.4, 0.5) is 5.82 Å². The van der Waals surface area contributed by atoms with E-state index >= 15 is 0 Å². The molecule has 1 aromatic heterocycles. The zero-order chi connectivity index (χ0) is 26.4. The molecule has 0 bridgehead atoms. The lowest BCUT2D eigenvalue weighted by Crippen LogP contribution is -2.48. The van der Waals surface area contributed by atoms with Crippen LogP contribution in [0.15, 0.2) is 59.6 Å². The number of rotatable bonds is 6. The van der Waals surface area contributed by atoms with E-state index in [2.05, 4.69) is 41.9 Å². The Labute approximate surface area is 228 Å². The van der Waals surface area contributed by atoms with Gasteiger partial charge in [0.1, 0.15) is 5.82 Å². The molecule has 3 aromatic rings. The smallest absolute Gasteiger partial charge is 0.132 e. The van der Waals surface area contributed by atoms with Gasteiger partial charge in [-0.1, -0.05) is 30.3 Å². The van der Waals surface area contributed by atoms with Crippen molar-refractivity contribution in [3.05, 3.63) is 77.0 Å². The molecule has 198 valence electrons. The van der Waals surface area contributed by atoms with Gasteiger partial charge in [0.05, 0.1) is 16.5 Å². The maximum absolute atomic E-state index is 12.5. The summed E-state index contributed by atoms with van der Waals surface area (Å²) in [5.74, 6) is 0.356. The summed E-state index contributed by atoms with van der Waals surface area (Å²) in [5.41, 5.74) is 13.2. The predicted molar refractivity (Wildman–Crippen MR) is 156 cm³/mol. The Balaban J connectivity index is 1.23. The van der Waals surface area contributed by atoms with E-state index in [9.17, 15) is 4.21 Å². The summed E-state index contributed by atoms with van der Waals surface area (Å²) in [5, 5.41) is 9.17. The molecule has 2 aliphatic carbocycles. The van der Waals surface area contributed by atoms with E-state index in [1.165, 1.54) is 43.4 Å². The monoisotopic (exact) mass is 526 g/mol. The fraction of sp³-hybridized carbons (Fsp3) is 0.438. The van der Waals surface area contributed by atoms with Gasteiger partial charge < -0.3 is 5.73 Å². The third-order valence-corrected chi connectivity index (χ3v) is 10.9. The molecule has 0 amide bonds. The number of fused-ring (bicyclic) bond motifs is 1. The minimum atomic E-state index is -0.944. The van der Waals surface area contributed by atoms with Gasteiger partial charge in [0.25, 0.3) is 0 Å². The Bertz CT molecular complexity index is 1400. The van der Waals surface area contributed by atoms with Crippen LogP contribution in [0.1, 0.15) is 74.6 Å². The molecule has 1 aliphatic heterocycles. The molecule has 2 fully saturated rings. The molecule has 6 rings (SSSR count). The number of hydrogen-bond acceptors (Lipinski definition) is 5. The van der Waals surface area contributed by atoms with E-state index in [1.54, 1.807) is 0 Å². The molecule has 3 aliphatic rings. The van der Waals surface area contributed by atoms with E-state index < -0.39 is 10.8 Å². The van der Waals surface area contributed by atoms with Crippen molar-refractivity contribution < 1.29 is 4.21 Å². The highest BCUT2D eigenvalue weighted by molar-refractivity contribution is 7.86. The van der Waals surface area contributed by atoms with Crippen LogP contribution in [0.5, 0.6) is 0 Å². The Morgan fingerprint density at radius 3 is 2.45 bits per heavy atom. The fourth-order valence-corrected chi connectivity index (χ4v) is 7.81. The highest BCUT2D eigenvalue weighted by atomic mass is 32.2. The van der Waals surface area contributed by atoms with Crippen LogP contribution in [-0.2, 0) is 23.6 Å². The van der Waals surface area contributed by atoms with Gasteiger partial charge in [-0.2, -0.15) is 0 Å². The molecule has 2 aromatic carbocycles. The normalized spacial score (nSPS) is 24.5. The number of nitrogens with two attached hydrogens (primary N) is 1. The number of pyridine rings is 1. The second-order valence-electron chi connectivity index (χ2n) is 11.7. The van der Waals surface area contributed by atoms with Gasteiger partial charge in [-0.15, -0.1) is 0 Å². The maximum atomic E-state index is 12.5. The average molecular weight is 527 g/mol. The van der Waals surface area contributed by atoms with Gasteiger partial charge in [-0.25, -0.2) is 4.98 Å². The number of likely N-dealkylation sites (tertiary alicyclic amines) is 1. The number of aryl methyl sites for hydroxylation is 2. The predicted octanol–water partition coefficient (Wildman–Crippen LogP) is 6.14. The minimum absolute atomic E-state index is 0.265. The standard InChI is InChI=1S/C32H38N4OS/c1-21-4-3-17-36(21)32(2)15-13-22-5-6-24(18-25(22)14-16-32)26-19-29(31(34)35-20-26)30(33)23-7-9-27(10-8-23)38(37)28-11-12-28/h5-10,18-21,28,33H,3-4,11-17H2,1-2H3,(H2,34,35). The van der Waals surface area contributed by atoms with Crippen molar-refractivity contribution in [3.8, 4) is 11.1 Å². The molecule has 0 radical (unpaired) electrons. The lowest BCUT2D eigenvalue weighted by atomic mass is 9.89. The summed E-state index contributed by atoms with van der Waals surface area (Å²) >= 11 is 0. The topological polar surface area (TPSA) is 83.1 Å². The van der Waals surface area contributed by atoms with Gasteiger partial charge in [-0.3, -0.25) is 14.5 Å². The maximum Gasteiger partial charge on any atom is 0.132 e. The van der Waals surface area contributed by atoms with Crippen molar-refractivity contribution in [2.45, 2.75) is 86.9 Å². The molecule has 2 heterocycles. The highest BCUT2D eigenvalue weighted by Gasteiger charge is 2.38. The third-order valence-electron chi connectivity index (χ3n) is 9.04. The van der Waals surface area contributed by atoms with Gasteiger partial charge in [-0.05, 0) is 107 Å². The van der Waals surface area contributed by atoms with E-state index in [4.69, 9.17) is 11.1 Å². The van der Waals surface area contributed by atoms with Gasteiger partial charge in [0.2, 0.25) is 0 Å². The van der Waals surface area contributed by atoms with Crippen molar-refractivity contribution in [3.63, 3.8) is 0 Å². The van der Waals surface area contributed by atoms with Crippen molar-refractivity contribution in [1.82, 2.24) is 9.88 Å². The zero-order valence-corrected chi connectivity index (χ0v) is 23.3. The lowest BCUT2D eigenvalue weighted by Gasteiger charge is -2.41. The summed E-state index contributed by atoms with van der Waals surface area (Å²) in [6.45, 7) is 6.09. The molecule has 1 saturated heterocycles. The van der Waals surface area contributed by atoms with Gasteiger partial charge >= 0.3 is 0 Å². The van der Waals surface area contributed by atoms with E-state index in [-0.39, 0.29) is 5.54 Å². The van der Waals surface area contributed by atoms with Crippen LogP contribution in [0.3, 0.4) is 0 Å². The number of hydrogen-bond donors (Lipinski definition) is 2. The number of nitrogens with zero attached hydrogens (tertiary/aromatic N) is 2. The molecule has 5 nitrogen and oxygen atoms in total. The molecule has 3 atom stereocenters. The number of benzene rings is 2. The van der Waals surface area contributed by atoms with Crippen LogP contribution in [0, 0.1) is 5.41 Å². The number of anilines is 1. The van der Waals surface area contributed by atoms with Crippen molar-refractivity contribution in [2.75, 3.05) is 12.3 Å². The Morgan fingerprint density at radius 2 is 1.76 bits per heavy atom. The Hall–Kier alpha value is -2.83. The van der Waals surface area contributed by atoms with Crippen molar-refractivity contribution >= 4 is 22.3 Å². The molecule has 3 N–H and O–H groups in total. The van der Waals surface area contributed by atoms with Crippen LogP contribution in [0.25, 0.3) is 11.1 Å². The first-order valence-corrected chi connectivity index (χ1v) is 15.3. The fourth-order valence-electron chi connectivity index (χ4n) is 6.46. The minimum Gasteiger partial charge on any atom is -0.383 e. The van der Waals surface area contributed by atoms with Crippen LogP contribution in [-0.4, -0.2) is 43.2 Å². The summed E-state index contributed by atoms with van der Waals surface area (Å²) < 4.78 is 12.5. The summed E-state index contributed by atoms with van der Waals surface area (Å²) in [7, 11) is -0.944. The molecule has 0 spiro atoms. The van der Waals surface area contributed by atoms with Gasteiger partial charge in [0, 0.05) is 44.6 Å². The average Bonchev–Trinajstić information content (AvgIpc) is 3.72. The van der Waals surface area contributed by atoms with E-state index in [0.29, 0.717) is 28.4 Å². The first kappa shape index (κ1) is 25.4. The summed E-state index contributed by atoms with van der Waals surface area (Å²) in [6, 6.07) is 17.0. The zero-order valence-electron chi connectivity index (χ0n) is 22.5. The SMILES string of the molecule is CC1CCCN1C1(C)CCc2ccc(-c3cnc(N)c(C(=N)c4ccc(S(=O)C5CC5)cc4)c3)cc2CC1. The summed E-state index contributed by atoms with van der Waals surface area (Å²) in [4.78, 5) is 8.07. The molecular weight excluding hydrogens is 488 g/mol. The number of nitrogens with one attached hydrogen (secondary N) is 1. The highest BCUT2D eigenvalue weighted by Crippen LogP contribution is 2.38. The molecule has 6 heteroatoms. The quantitative estimate of drug-likeness (QED) is 0.299. The van der Waals surface area contributed by atoms with Gasteiger partial charge in [0.15, 0.2) is 0 Å². The van der Waals surface area contributed by atoms with Crippen LogP contribution < -0.4 is 5.73 Å². The molecular formula is C32H38N4OS. The first-order chi connectivity index (χ1) is 18.3. The van der Waals surface area contributed by atoms with Crippen LogP contribution >= 0.6 is 0 Å². The molecule has 3 unspecified atom stereocenters. The summed E-state index contributed by atoms with van der Waals surface area (Å²) in [6.07, 6.45) is 11.1. The second kappa shape index (κ2) is 10.0. The van der Waals surface area contributed by atoms with Crippen LogP contribution in [0.2, 0.25) is 0 Å². The van der Waals surface area contributed by atoms with Crippen molar-refractivity contribution in [1.29, 1.82) is 5.41 Å². The number of aromatic nitrogens is 1. The molecule has 38 heavy (non-hydrogen) atoms. The van der Waals surface area contributed by atoms with E-state index in [0.717, 1.165) is 47.3 Å². The molecule has 1 saturated carbocycles. The van der Waals surface area contributed by atoms with E-state index in [1.807, 2.05) is 36.5 Å². The largest absolute Gasteiger partial charge is 0.383 e. The van der Waals surface area contributed by atoms with Crippen molar-refractivity contribution in [2.24, 2.45) is 0 Å². The Kier molecular flexibility index (Phi) is 6.73. The number of nitrogen functional groups attached to an aromatic ring is 1. The lowest BCUT2D eigenvalue weighted by molar-refractivity contribution is 0.0821.